The van der Waals surface area contributed by atoms with Crippen molar-refractivity contribution >= 4 is 22.9 Å². The van der Waals surface area contributed by atoms with Crippen molar-refractivity contribution in [3.05, 3.63) is 30.1 Å². The molecule has 1 amide bonds. The average Bonchev–Trinajstić information content (AvgIpc) is 3.01. The Morgan fingerprint density at radius 3 is 2.95 bits per heavy atom. The molecule has 0 aromatic carbocycles. The first-order chi connectivity index (χ1) is 9.58. The van der Waals surface area contributed by atoms with Crippen LogP contribution in [-0.4, -0.2) is 44.9 Å². The van der Waals surface area contributed by atoms with E-state index in [0.717, 1.165) is 5.39 Å². The molecule has 0 radical (unpaired) electrons. The average molecular weight is 273 g/mol. The Hall–Kier alpha value is -2.37. The quantitative estimate of drug-likeness (QED) is 0.865. The van der Waals surface area contributed by atoms with E-state index in [9.17, 15) is 9.59 Å². The first kappa shape index (κ1) is 12.7. The highest BCUT2D eigenvalue weighted by Crippen LogP contribution is 2.26. The van der Waals surface area contributed by atoms with Crippen LogP contribution in [0.4, 0.5) is 0 Å². The van der Waals surface area contributed by atoms with Gasteiger partial charge in [-0.15, -0.1) is 0 Å². The van der Waals surface area contributed by atoms with Crippen LogP contribution in [0, 0.1) is 11.8 Å². The third-order valence-corrected chi connectivity index (χ3v) is 3.90. The van der Waals surface area contributed by atoms with Gasteiger partial charge in [0.25, 0.3) is 5.91 Å². The van der Waals surface area contributed by atoms with E-state index >= 15 is 0 Å². The topological polar surface area (TPSA) is 86.3 Å². The summed E-state index contributed by atoms with van der Waals surface area (Å²) in [6.45, 7) is 2.61. The number of pyridine rings is 1. The van der Waals surface area contributed by atoms with Gasteiger partial charge in [-0.3, -0.25) is 9.59 Å². The second kappa shape index (κ2) is 4.63. The van der Waals surface area contributed by atoms with Gasteiger partial charge >= 0.3 is 5.97 Å². The molecular weight excluding hydrogens is 258 g/mol. The van der Waals surface area contributed by atoms with Crippen molar-refractivity contribution in [3.63, 3.8) is 0 Å². The summed E-state index contributed by atoms with van der Waals surface area (Å²) in [5, 5.41) is 9.90. The number of hydrogen-bond donors (Lipinski definition) is 2. The predicted molar refractivity (Wildman–Crippen MR) is 72.3 cm³/mol. The van der Waals surface area contributed by atoms with Crippen LogP contribution in [-0.2, 0) is 4.79 Å². The molecule has 0 saturated carbocycles. The first-order valence-electron chi connectivity index (χ1n) is 6.52. The highest BCUT2D eigenvalue weighted by atomic mass is 16.4. The summed E-state index contributed by atoms with van der Waals surface area (Å²) in [5.74, 6) is -1.49. The molecule has 0 spiro atoms. The van der Waals surface area contributed by atoms with Crippen LogP contribution in [0.25, 0.3) is 11.0 Å². The van der Waals surface area contributed by atoms with Crippen LogP contribution in [0.15, 0.2) is 24.5 Å². The second-order valence-electron chi connectivity index (χ2n) is 5.23. The summed E-state index contributed by atoms with van der Waals surface area (Å²) in [6.07, 6.45) is 3.30. The Morgan fingerprint density at radius 1 is 1.45 bits per heavy atom. The number of aliphatic carboxylic acids is 1. The second-order valence-corrected chi connectivity index (χ2v) is 5.23. The number of nitrogens with zero attached hydrogens (tertiary/aromatic N) is 2. The summed E-state index contributed by atoms with van der Waals surface area (Å²) in [4.78, 5) is 32.4. The lowest BCUT2D eigenvalue weighted by molar-refractivity contribution is -0.142. The first-order valence-corrected chi connectivity index (χ1v) is 6.52. The number of carboxylic acids is 1. The lowest BCUT2D eigenvalue weighted by Gasteiger charge is -2.15. The molecule has 3 heterocycles. The Bertz CT molecular complexity index is 679. The van der Waals surface area contributed by atoms with Crippen molar-refractivity contribution in [3.8, 4) is 0 Å². The van der Waals surface area contributed by atoms with Gasteiger partial charge < -0.3 is 15.0 Å². The Morgan fingerprint density at radius 2 is 2.25 bits per heavy atom. The zero-order chi connectivity index (χ0) is 14.3. The lowest BCUT2D eigenvalue weighted by Crippen LogP contribution is -2.29. The largest absolute Gasteiger partial charge is 0.481 e. The Labute approximate surface area is 115 Å². The van der Waals surface area contributed by atoms with Crippen molar-refractivity contribution in [1.29, 1.82) is 0 Å². The van der Waals surface area contributed by atoms with E-state index in [1.807, 2.05) is 13.0 Å². The number of carbonyl (C=O) groups excluding carboxylic acids is 1. The Balaban J connectivity index is 1.89. The van der Waals surface area contributed by atoms with E-state index in [2.05, 4.69) is 9.97 Å². The van der Waals surface area contributed by atoms with E-state index in [0.29, 0.717) is 17.8 Å². The fourth-order valence-corrected chi connectivity index (χ4v) is 2.76. The van der Waals surface area contributed by atoms with E-state index < -0.39 is 11.9 Å². The normalized spacial score (nSPS) is 22.4. The number of rotatable bonds is 2. The summed E-state index contributed by atoms with van der Waals surface area (Å²) >= 11 is 0. The molecule has 1 aliphatic heterocycles. The molecule has 2 N–H and O–H groups in total. The molecule has 104 valence electrons. The van der Waals surface area contributed by atoms with Gasteiger partial charge in [0.15, 0.2) is 0 Å². The van der Waals surface area contributed by atoms with Gasteiger partial charge in [-0.1, -0.05) is 6.92 Å². The van der Waals surface area contributed by atoms with Gasteiger partial charge in [-0.2, -0.15) is 0 Å². The summed E-state index contributed by atoms with van der Waals surface area (Å²) in [7, 11) is 0. The van der Waals surface area contributed by atoms with Gasteiger partial charge in [-0.05, 0) is 18.1 Å². The molecule has 3 rings (SSSR count). The number of hydrogen-bond acceptors (Lipinski definition) is 3. The standard InChI is InChI=1S/C14H15N3O3/c1-8-6-17(7-11(8)14(19)20)13(18)10-5-16-12-9(10)3-2-4-15-12/h2-5,8,11H,6-7H2,1H3,(H,15,16)(H,19,20)/t8-,11-/m1/s1. The van der Waals surface area contributed by atoms with Gasteiger partial charge in [0.2, 0.25) is 0 Å². The molecule has 6 heteroatoms. The minimum absolute atomic E-state index is 0.0280. The maximum atomic E-state index is 12.5. The van der Waals surface area contributed by atoms with Crippen LogP contribution in [0.3, 0.4) is 0 Å². The minimum Gasteiger partial charge on any atom is -0.481 e. The zero-order valence-electron chi connectivity index (χ0n) is 11.0. The molecule has 2 aromatic rings. The number of amides is 1. The van der Waals surface area contributed by atoms with Crippen LogP contribution in [0.2, 0.25) is 0 Å². The zero-order valence-corrected chi connectivity index (χ0v) is 11.0. The maximum Gasteiger partial charge on any atom is 0.308 e. The third kappa shape index (κ3) is 1.93. The van der Waals surface area contributed by atoms with Gasteiger partial charge in [0.05, 0.1) is 11.5 Å². The molecule has 2 atom stereocenters. The van der Waals surface area contributed by atoms with E-state index in [1.54, 1.807) is 23.4 Å². The van der Waals surface area contributed by atoms with Crippen molar-refractivity contribution < 1.29 is 14.7 Å². The highest BCUT2D eigenvalue weighted by molar-refractivity contribution is 6.06. The number of H-pyrrole nitrogens is 1. The smallest absolute Gasteiger partial charge is 0.308 e. The van der Waals surface area contributed by atoms with E-state index in [4.69, 9.17) is 5.11 Å². The van der Waals surface area contributed by atoms with Crippen molar-refractivity contribution in [1.82, 2.24) is 14.9 Å². The molecular formula is C14H15N3O3. The minimum atomic E-state index is -0.839. The van der Waals surface area contributed by atoms with Crippen LogP contribution >= 0.6 is 0 Å². The molecule has 0 aliphatic carbocycles. The van der Waals surface area contributed by atoms with Crippen molar-refractivity contribution in [2.75, 3.05) is 13.1 Å². The van der Waals surface area contributed by atoms with Crippen molar-refractivity contribution in [2.24, 2.45) is 11.8 Å². The molecule has 0 bridgehead atoms. The number of nitrogens with one attached hydrogen (secondary N) is 1. The number of carboxylic acid groups (broad SMARTS) is 1. The van der Waals surface area contributed by atoms with Gasteiger partial charge in [0.1, 0.15) is 5.65 Å². The summed E-state index contributed by atoms with van der Waals surface area (Å²) in [5.41, 5.74) is 1.21. The van der Waals surface area contributed by atoms with Crippen LogP contribution in [0.1, 0.15) is 17.3 Å². The van der Waals surface area contributed by atoms with Gasteiger partial charge in [0, 0.05) is 30.9 Å². The lowest BCUT2D eigenvalue weighted by atomic mass is 9.99. The molecule has 1 aliphatic rings. The van der Waals surface area contributed by atoms with Crippen LogP contribution in [0.5, 0.6) is 0 Å². The number of aromatic amines is 1. The van der Waals surface area contributed by atoms with E-state index in [1.165, 1.54) is 0 Å². The molecule has 6 nitrogen and oxygen atoms in total. The predicted octanol–water partition coefficient (Wildman–Crippen LogP) is 1.36. The number of likely N-dealkylation sites (tertiary alicyclic amines) is 1. The fourth-order valence-electron chi connectivity index (χ4n) is 2.76. The number of fused-ring (bicyclic) bond motifs is 1. The molecule has 20 heavy (non-hydrogen) atoms. The number of aromatic nitrogens is 2. The molecule has 0 unspecified atom stereocenters. The molecule has 1 fully saturated rings. The fraction of sp³-hybridized carbons (Fsp3) is 0.357. The highest BCUT2D eigenvalue weighted by Gasteiger charge is 2.37. The molecule has 1 saturated heterocycles. The monoisotopic (exact) mass is 273 g/mol. The SMILES string of the molecule is C[C@@H]1CN(C(=O)c2c[nH]c3ncccc23)C[C@H]1C(=O)O. The van der Waals surface area contributed by atoms with Crippen molar-refractivity contribution in [2.45, 2.75) is 6.92 Å². The molecule has 2 aromatic heterocycles. The Kier molecular flexibility index (Phi) is 2.93. The van der Waals surface area contributed by atoms with Crippen LogP contribution < -0.4 is 0 Å². The summed E-state index contributed by atoms with van der Waals surface area (Å²) in [6, 6.07) is 3.61. The van der Waals surface area contributed by atoms with E-state index in [-0.39, 0.29) is 18.4 Å². The summed E-state index contributed by atoms with van der Waals surface area (Å²) < 4.78 is 0. The third-order valence-electron chi connectivity index (χ3n) is 3.90. The van der Waals surface area contributed by atoms with Gasteiger partial charge in [-0.25, -0.2) is 4.98 Å². The maximum absolute atomic E-state index is 12.5. The number of carbonyl (C=O) groups is 2.